The predicted octanol–water partition coefficient (Wildman–Crippen LogP) is 4.71. The van der Waals surface area contributed by atoms with Gasteiger partial charge in [-0.2, -0.15) is 0 Å². The molecular weight excluding hydrogens is 381 g/mol. The van der Waals surface area contributed by atoms with Crippen LogP contribution in [-0.4, -0.2) is 17.0 Å². The number of carbonyl (C=O) groups excluding carboxylic acids is 1. The molecule has 0 aliphatic rings. The van der Waals surface area contributed by atoms with E-state index in [4.69, 9.17) is 28.3 Å². The molecule has 0 bridgehead atoms. The predicted molar refractivity (Wildman–Crippen MR) is 85.5 cm³/mol. The van der Waals surface area contributed by atoms with Gasteiger partial charge < -0.3 is 10.4 Å². The fourth-order valence-corrected chi connectivity index (χ4v) is 2.60. The third-order valence-corrected chi connectivity index (χ3v) is 3.68. The highest BCUT2D eigenvalue weighted by molar-refractivity contribution is 9.10. The molecule has 0 aliphatic carbocycles. The van der Waals surface area contributed by atoms with Crippen molar-refractivity contribution >= 4 is 56.7 Å². The zero-order chi connectivity index (χ0) is 15.6. The monoisotopic (exact) mass is 387 g/mol. The number of aromatic carboxylic acids is 1. The van der Waals surface area contributed by atoms with Gasteiger partial charge in [-0.15, -0.1) is 0 Å². The van der Waals surface area contributed by atoms with Gasteiger partial charge in [-0.3, -0.25) is 4.79 Å². The number of hydrogen-bond acceptors (Lipinski definition) is 2. The molecule has 2 aromatic rings. The number of carboxylic acids is 1. The van der Waals surface area contributed by atoms with E-state index in [1.807, 2.05) is 0 Å². The van der Waals surface area contributed by atoms with E-state index in [2.05, 4.69) is 21.2 Å². The largest absolute Gasteiger partial charge is 0.478 e. The van der Waals surface area contributed by atoms with Crippen LogP contribution in [0.5, 0.6) is 0 Å². The number of nitrogens with one attached hydrogen (secondary N) is 1. The minimum absolute atomic E-state index is 0.0934. The third-order valence-electron chi connectivity index (χ3n) is 2.64. The zero-order valence-electron chi connectivity index (χ0n) is 10.4. The first-order valence-electron chi connectivity index (χ1n) is 5.67. The molecule has 2 N–H and O–H groups in total. The smallest absolute Gasteiger partial charge is 0.337 e. The van der Waals surface area contributed by atoms with E-state index in [0.717, 1.165) is 4.47 Å². The molecule has 21 heavy (non-hydrogen) atoms. The van der Waals surface area contributed by atoms with Crippen LogP contribution in [0.3, 0.4) is 0 Å². The Balaban J connectivity index is 2.34. The number of amides is 1. The Bertz CT molecular complexity index is 734. The van der Waals surface area contributed by atoms with Gasteiger partial charge in [-0.05, 0) is 36.4 Å². The van der Waals surface area contributed by atoms with Crippen molar-refractivity contribution in [3.63, 3.8) is 0 Å². The molecule has 4 nitrogen and oxygen atoms in total. The van der Waals surface area contributed by atoms with Gasteiger partial charge in [0.15, 0.2) is 0 Å². The molecule has 7 heteroatoms. The van der Waals surface area contributed by atoms with Crippen LogP contribution in [0, 0.1) is 0 Å². The summed E-state index contributed by atoms with van der Waals surface area (Å²) in [6.07, 6.45) is 0. The number of carbonyl (C=O) groups is 2. The normalized spacial score (nSPS) is 10.2. The first-order valence-corrected chi connectivity index (χ1v) is 7.22. The van der Waals surface area contributed by atoms with Gasteiger partial charge in [-0.1, -0.05) is 39.1 Å². The van der Waals surface area contributed by atoms with Gasteiger partial charge in [0.25, 0.3) is 5.91 Å². The number of hydrogen-bond donors (Lipinski definition) is 2. The quantitative estimate of drug-likeness (QED) is 0.800. The Morgan fingerprint density at radius 3 is 2.38 bits per heavy atom. The molecule has 0 spiro atoms. The SMILES string of the molecule is O=C(Nc1ccc(Cl)cc1C(=O)O)c1ccc(Br)cc1Cl. The summed E-state index contributed by atoms with van der Waals surface area (Å²) >= 11 is 15.0. The van der Waals surface area contributed by atoms with E-state index in [0.29, 0.717) is 0 Å². The van der Waals surface area contributed by atoms with Crippen LogP contribution in [0.25, 0.3) is 0 Å². The second-order valence-electron chi connectivity index (χ2n) is 4.07. The molecule has 0 saturated carbocycles. The highest BCUT2D eigenvalue weighted by Gasteiger charge is 2.16. The van der Waals surface area contributed by atoms with E-state index in [1.54, 1.807) is 12.1 Å². The molecule has 0 unspecified atom stereocenters. The maximum absolute atomic E-state index is 12.2. The molecule has 0 saturated heterocycles. The molecule has 2 aromatic carbocycles. The maximum atomic E-state index is 12.2. The molecule has 0 aliphatic heterocycles. The van der Waals surface area contributed by atoms with Crippen LogP contribution in [0.1, 0.15) is 20.7 Å². The molecule has 2 rings (SSSR count). The zero-order valence-corrected chi connectivity index (χ0v) is 13.5. The topological polar surface area (TPSA) is 66.4 Å². The van der Waals surface area contributed by atoms with Gasteiger partial charge in [-0.25, -0.2) is 4.79 Å². The van der Waals surface area contributed by atoms with Gasteiger partial charge in [0.05, 0.1) is 21.8 Å². The Kier molecular flexibility index (Phi) is 4.88. The lowest BCUT2D eigenvalue weighted by Gasteiger charge is -2.10. The maximum Gasteiger partial charge on any atom is 0.337 e. The second-order valence-corrected chi connectivity index (χ2v) is 5.83. The highest BCUT2D eigenvalue weighted by Crippen LogP contribution is 2.25. The Morgan fingerprint density at radius 1 is 1.05 bits per heavy atom. The molecule has 0 fully saturated rings. The summed E-state index contributed by atoms with van der Waals surface area (Å²) in [7, 11) is 0. The number of carboxylic acid groups (broad SMARTS) is 1. The van der Waals surface area contributed by atoms with Gasteiger partial charge in [0.2, 0.25) is 0 Å². The van der Waals surface area contributed by atoms with Crippen LogP contribution in [0.15, 0.2) is 40.9 Å². The average molecular weight is 389 g/mol. The van der Waals surface area contributed by atoms with Crippen molar-refractivity contribution in [1.29, 1.82) is 0 Å². The van der Waals surface area contributed by atoms with E-state index in [9.17, 15) is 9.59 Å². The summed E-state index contributed by atoms with van der Waals surface area (Å²) in [6.45, 7) is 0. The lowest BCUT2D eigenvalue weighted by Crippen LogP contribution is -2.15. The minimum atomic E-state index is -1.19. The number of benzene rings is 2. The lowest BCUT2D eigenvalue weighted by atomic mass is 10.1. The molecule has 108 valence electrons. The fraction of sp³-hybridized carbons (Fsp3) is 0. The summed E-state index contributed by atoms with van der Waals surface area (Å²) in [5, 5.41) is 12.2. The lowest BCUT2D eigenvalue weighted by molar-refractivity contribution is 0.0698. The first kappa shape index (κ1) is 15.8. The van der Waals surface area contributed by atoms with Gasteiger partial charge in [0, 0.05) is 9.50 Å². The molecule has 1 amide bonds. The Labute approximate surface area is 138 Å². The van der Waals surface area contributed by atoms with Crippen LogP contribution in [-0.2, 0) is 0 Å². The van der Waals surface area contributed by atoms with Crippen molar-refractivity contribution in [1.82, 2.24) is 0 Å². The highest BCUT2D eigenvalue weighted by atomic mass is 79.9. The summed E-state index contributed by atoms with van der Waals surface area (Å²) < 4.78 is 0.738. The van der Waals surface area contributed by atoms with Crippen LogP contribution in [0.2, 0.25) is 10.0 Å². The summed E-state index contributed by atoms with van der Waals surface area (Å²) in [5.74, 6) is -1.69. The summed E-state index contributed by atoms with van der Waals surface area (Å²) in [5.41, 5.74) is 0.297. The van der Waals surface area contributed by atoms with E-state index >= 15 is 0 Å². The van der Waals surface area contributed by atoms with E-state index in [-0.39, 0.29) is 26.9 Å². The third kappa shape index (κ3) is 3.75. The van der Waals surface area contributed by atoms with Crippen molar-refractivity contribution < 1.29 is 14.7 Å². The van der Waals surface area contributed by atoms with E-state index < -0.39 is 11.9 Å². The molecule has 0 atom stereocenters. The van der Waals surface area contributed by atoms with Crippen molar-refractivity contribution in [3.05, 3.63) is 62.0 Å². The average Bonchev–Trinajstić information content (AvgIpc) is 2.40. The number of halogens is 3. The standard InChI is InChI=1S/C14H8BrCl2NO3/c15-7-1-3-9(11(17)5-7)13(19)18-12-4-2-8(16)6-10(12)14(20)21/h1-6H,(H,18,19)(H,20,21). The summed E-state index contributed by atoms with van der Waals surface area (Å²) in [4.78, 5) is 23.3. The number of anilines is 1. The van der Waals surface area contributed by atoms with Crippen LogP contribution < -0.4 is 5.32 Å². The van der Waals surface area contributed by atoms with Crippen LogP contribution >= 0.6 is 39.1 Å². The number of rotatable bonds is 3. The van der Waals surface area contributed by atoms with Crippen molar-refractivity contribution in [3.8, 4) is 0 Å². The Hall–Kier alpha value is -1.56. The van der Waals surface area contributed by atoms with Crippen LogP contribution in [0.4, 0.5) is 5.69 Å². The first-order chi connectivity index (χ1) is 9.88. The summed E-state index contributed by atoms with van der Waals surface area (Å²) in [6, 6.07) is 8.97. The van der Waals surface area contributed by atoms with E-state index in [1.165, 1.54) is 24.3 Å². The van der Waals surface area contributed by atoms with Gasteiger partial charge in [0.1, 0.15) is 0 Å². The fourth-order valence-electron chi connectivity index (χ4n) is 1.67. The Morgan fingerprint density at radius 2 is 1.76 bits per heavy atom. The molecule has 0 radical (unpaired) electrons. The van der Waals surface area contributed by atoms with Crippen molar-refractivity contribution in [2.24, 2.45) is 0 Å². The van der Waals surface area contributed by atoms with Gasteiger partial charge >= 0.3 is 5.97 Å². The molecule has 0 heterocycles. The molecular formula is C14H8BrCl2NO3. The molecule has 0 aromatic heterocycles. The van der Waals surface area contributed by atoms with Crippen molar-refractivity contribution in [2.75, 3.05) is 5.32 Å². The second kappa shape index (κ2) is 6.47. The minimum Gasteiger partial charge on any atom is -0.478 e. The van der Waals surface area contributed by atoms with Crippen molar-refractivity contribution in [2.45, 2.75) is 0 Å².